The average molecular weight is 465 g/mol. The van der Waals surface area contributed by atoms with Crippen LogP contribution in [0.25, 0.3) is 22.3 Å². The van der Waals surface area contributed by atoms with Crippen molar-refractivity contribution in [2.45, 2.75) is 19.4 Å². The average Bonchev–Trinajstić information content (AvgIpc) is 3.21. The standard InChI is InChI=1S/C27H21ClN6/c28-22-4-2-1-3-21(22)17-34-25-12-7-19(16-29)15-24(25)31-27(34)14-8-18-5-9-20(10-6-18)23-11-13-26(30)33-32-23/h1-7,9-13,15H,8,14,17H2,(H2,30,33). The minimum Gasteiger partial charge on any atom is -0.382 e. The quantitative estimate of drug-likeness (QED) is 0.361. The molecule has 0 saturated heterocycles. The number of benzene rings is 3. The van der Waals surface area contributed by atoms with Crippen molar-refractivity contribution in [1.82, 2.24) is 19.7 Å². The number of hydrogen-bond acceptors (Lipinski definition) is 5. The third kappa shape index (κ3) is 4.47. The van der Waals surface area contributed by atoms with Gasteiger partial charge in [0.2, 0.25) is 0 Å². The second kappa shape index (κ2) is 9.34. The highest BCUT2D eigenvalue weighted by Crippen LogP contribution is 2.24. The molecule has 0 amide bonds. The van der Waals surface area contributed by atoms with Gasteiger partial charge >= 0.3 is 0 Å². The van der Waals surface area contributed by atoms with Crippen molar-refractivity contribution in [3.8, 4) is 17.3 Å². The zero-order chi connectivity index (χ0) is 23.5. The molecule has 0 unspecified atom stereocenters. The molecule has 166 valence electrons. The molecule has 0 saturated carbocycles. The zero-order valence-corrected chi connectivity index (χ0v) is 19.1. The second-order valence-electron chi connectivity index (χ2n) is 8.06. The summed E-state index contributed by atoms with van der Waals surface area (Å²) in [6, 6.07) is 27.6. The SMILES string of the molecule is N#Cc1ccc2c(c1)nc(CCc1ccc(-c3ccc(N)nn3)cc1)n2Cc1ccccc1Cl. The molecule has 0 radical (unpaired) electrons. The second-order valence-corrected chi connectivity index (χ2v) is 8.47. The van der Waals surface area contributed by atoms with Crippen molar-refractivity contribution in [2.75, 3.05) is 5.73 Å². The highest BCUT2D eigenvalue weighted by molar-refractivity contribution is 6.31. The van der Waals surface area contributed by atoms with Gasteiger partial charge in [-0.15, -0.1) is 10.2 Å². The maximum Gasteiger partial charge on any atom is 0.146 e. The summed E-state index contributed by atoms with van der Waals surface area (Å²) in [4.78, 5) is 4.87. The first-order valence-corrected chi connectivity index (χ1v) is 11.3. The van der Waals surface area contributed by atoms with Gasteiger partial charge in [-0.1, -0.05) is 54.1 Å². The van der Waals surface area contributed by atoms with E-state index in [1.165, 1.54) is 5.56 Å². The van der Waals surface area contributed by atoms with Gasteiger partial charge < -0.3 is 10.3 Å². The van der Waals surface area contributed by atoms with E-state index in [1.807, 2.05) is 60.7 Å². The number of halogens is 1. The fourth-order valence-corrected chi connectivity index (χ4v) is 4.20. The summed E-state index contributed by atoms with van der Waals surface area (Å²) in [6.45, 7) is 0.617. The van der Waals surface area contributed by atoms with E-state index in [4.69, 9.17) is 22.3 Å². The van der Waals surface area contributed by atoms with Crippen molar-refractivity contribution in [2.24, 2.45) is 0 Å². The Kier molecular flexibility index (Phi) is 5.94. The molecule has 0 fully saturated rings. The minimum atomic E-state index is 0.405. The van der Waals surface area contributed by atoms with Crippen molar-refractivity contribution < 1.29 is 0 Å². The zero-order valence-electron chi connectivity index (χ0n) is 18.3. The molecule has 0 aliphatic heterocycles. The largest absolute Gasteiger partial charge is 0.382 e. The van der Waals surface area contributed by atoms with Crippen LogP contribution < -0.4 is 5.73 Å². The Balaban J connectivity index is 1.42. The lowest BCUT2D eigenvalue weighted by atomic mass is 10.1. The molecule has 7 heteroatoms. The highest BCUT2D eigenvalue weighted by Gasteiger charge is 2.13. The van der Waals surface area contributed by atoms with Crippen LogP contribution in [0.3, 0.4) is 0 Å². The summed E-state index contributed by atoms with van der Waals surface area (Å²) >= 11 is 6.45. The van der Waals surface area contributed by atoms with Crippen LogP contribution in [0.15, 0.2) is 78.9 Å². The number of hydrogen-bond donors (Lipinski definition) is 1. The lowest BCUT2D eigenvalue weighted by Crippen LogP contribution is -2.07. The summed E-state index contributed by atoms with van der Waals surface area (Å²) in [5.74, 6) is 1.36. The van der Waals surface area contributed by atoms with E-state index in [-0.39, 0.29) is 0 Å². The maximum atomic E-state index is 9.30. The number of aryl methyl sites for hydroxylation is 2. The van der Waals surface area contributed by atoms with Crippen LogP contribution >= 0.6 is 11.6 Å². The molecule has 34 heavy (non-hydrogen) atoms. The Hall–Kier alpha value is -4.21. The molecule has 0 atom stereocenters. The van der Waals surface area contributed by atoms with Gasteiger partial charge in [0.1, 0.15) is 11.6 Å². The normalized spacial score (nSPS) is 10.9. The van der Waals surface area contributed by atoms with Crippen molar-refractivity contribution in [3.05, 3.63) is 106 Å². The van der Waals surface area contributed by atoms with E-state index in [0.717, 1.165) is 51.5 Å². The smallest absolute Gasteiger partial charge is 0.146 e. The number of rotatable bonds is 6. The topological polar surface area (TPSA) is 93.4 Å². The molecule has 2 aromatic heterocycles. The Labute approximate surface area is 202 Å². The first-order valence-electron chi connectivity index (χ1n) is 10.9. The molecule has 0 bridgehead atoms. The lowest BCUT2D eigenvalue weighted by Gasteiger charge is -2.11. The summed E-state index contributed by atoms with van der Waals surface area (Å²) in [5.41, 5.74) is 12.0. The summed E-state index contributed by atoms with van der Waals surface area (Å²) < 4.78 is 2.19. The van der Waals surface area contributed by atoms with Gasteiger partial charge in [-0.05, 0) is 53.9 Å². The fraction of sp³-hybridized carbons (Fsp3) is 0.111. The fourth-order valence-electron chi connectivity index (χ4n) is 4.01. The third-order valence-corrected chi connectivity index (χ3v) is 6.18. The molecule has 2 heterocycles. The van der Waals surface area contributed by atoms with Crippen molar-refractivity contribution in [3.63, 3.8) is 0 Å². The van der Waals surface area contributed by atoms with Gasteiger partial charge in [0.05, 0.1) is 34.9 Å². The number of nitrogens with two attached hydrogens (primary N) is 1. The Morgan fingerprint density at radius 3 is 2.47 bits per heavy atom. The highest BCUT2D eigenvalue weighted by atomic mass is 35.5. The molecule has 2 N–H and O–H groups in total. The number of nitrogens with zero attached hydrogens (tertiary/aromatic N) is 5. The van der Waals surface area contributed by atoms with Crippen LogP contribution in [-0.2, 0) is 19.4 Å². The number of anilines is 1. The third-order valence-electron chi connectivity index (χ3n) is 5.81. The van der Waals surface area contributed by atoms with Crippen LogP contribution in [0.4, 0.5) is 5.82 Å². The Morgan fingerprint density at radius 1 is 0.912 bits per heavy atom. The first kappa shape index (κ1) is 21.6. The first-order chi connectivity index (χ1) is 16.6. The van der Waals surface area contributed by atoms with Crippen LogP contribution in [-0.4, -0.2) is 19.7 Å². The van der Waals surface area contributed by atoms with Crippen molar-refractivity contribution in [1.29, 1.82) is 5.26 Å². The molecular weight excluding hydrogens is 444 g/mol. The molecule has 0 aliphatic rings. The number of nitriles is 1. The monoisotopic (exact) mass is 464 g/mol. The van der Waals surface area contributed by atoms with E-state index >= 15 is 0 Å². The molecule has 5 aromatic rings. The predicted molar refractivity (Wildman–Crippen MR) is 134 cm³/mol. The molecule has 3 aromatic carbocycles. The number of aromatic nitrogens is 4. The molecule has 0 spiro atoms. The number of fused-ring (bicyclic) bond motifs is 1. The van der Waals surface area contributed by atoms with Gasteiger partial charge in [0, 0.05) is 17.0 Å². The van der Waals surface area contributed by atoms with E-state index in [9.17, 15) is 5.26 Å². The maximum absolute atomic E-state index is 9.30. The summed E-state index contributed by atoms with van der Waals surface area (Å²) in [6.07, 6.45) is 1.58. The van der Waals surface area contributed by atoms with Crippen LogP contribution in [0.5, 0.6) is 0 Å². The lowest BCUT2D eigenvalue weighted by molar-refractivity contribution is 0.730. The Morgan fingerprint density at radius 2 is 1.74 bits per heavy atom. The van der Waals surface area contributed by atoms with Gasteiger partial charge in [0.15, 0.2) is 0 Å². The number of nitrogen functional groups attached to an aromatic ring is 1. The molecule has 6 nitrogen and oxygen atoms in total. The van der Waals surface area contributed by atoms with Crippen LogP contribution in [0.2, 0.25) is 5.02 Å². The van der Waals surface area contributed by atoms with Gasteiger partial charge in [0.25, 0.3) is 0 Å². The van der Waals surface area contributed by atoms with Gasteiger partial charge in [-0.2, -0.15) is 5.26 Å². The minimum absolute atomic E-state index is 0.405. The van der Waals surface area contributed by atoms with E-state index in [2.05, 4.69) is 33.0 Å². The number of imidazole rings is 1. The summed E-state index contributed by atoms with van der Waals surface area (Å²) in [7, 11) is 0. The molecule has 0 aliphatic carbocycles. The molecular formula is C27H21ClN6. The summed E-state index contributed by atoms with van der Waals surface area (Å²) in [5, 5.41) is 18.1. The van der Waals surface area contributed by atoms with Gasteiger partial charge in [-0.25, -0.2) is 4.98 Å². The molecule has 5 rings (SSSR count). The van der Waals surface area contributed by atoms with Gasteiger partial charge in [-0.3, -0.25) is 0 Å². The van der Waals surface area contributed by atoms with E-state index in [1.54, 1.807) is 6.07 Å². The van der Waals surface area contributed by atoms with Crippen LogP contribution in [0, 0.1) is 11.3 Å². The van der Waals surface area contributed by atoms with E-state index < -0.39 is 0 Å². The van der Waals surface area contributed by atoms with Crippen LogP contribution in [0.1, 0.15) is 22.5 Å². The van der Waals surface area contributed by atoms with Crippen molar-refractivity contribution >= 4 is 28.5 Å². The van der Waals surface area contributed by atoms with E-state index in [0.29, 0.717) is 17.9 Å². The predicted octanol–water partition coefficient (Wildman–Crippen LogP) is 5.43. The Bertz CT molecular complexity index is 1500.